The molecule has 0 aliphatic heterocycles. The number of methoxy groups -OCH3 is 1. The number of hydrogen-bond donors (Lipinski definition) is 1. The first-order valence-electron chi connectivity index (χ1n) is 4.18. The van der Waals surface area contributed by atoms with Crippen LogP contribution in [-0.4, -0.2) is 18.5 Å². The maximum atomic E-state index is 10.4. The number of aldehydes is 1. The zero-order chi connectivity index (χ0) is 10.6. The molecule has 14 heavy (non-hydrogen) atoms. The van der Waals surface area contributed by atoms with Gasteiger partial charge in [-0.1, -0.05) is 6.07 Å². The van der Waals surface area contributed by atoms with Crippen LogP contribution in [0.1, 0.15) is 12.5 Å². The lowest BCUT2D eigenvalue weighted by Gasteiger charge is -2.03. The van der Waals surface area contributed by atoms with Crippen LogP contribution >= 0.6 is 0 Å². The Kier molecular flexibility index (Phi) is 3.29. The molecule has 0 aliphatic carbocycles. The summed E-state index contributed by atoms with van der Waals surface area (Å²) in [5.74, 6) is 0.492. The number of carbonyl (C=O) groups is 1. The molecule has 0 aromatic heterocycles. The van der Waals surface area contributed by atoms with Crippen LogP contribution in [0.15, 0.2) is 23.8 Å². The fourth-order valence-corrected chi connectivity index (χ4v) is 1.08. The van der Waals surface area contributed by atoms with Crippen molar-refractivity contribution in [3.63, 3.8) is 0 Å². The summed E-state index contributed by atoms with van der Waals surface area (Å²) in [5, 5.41) is 9.31. The number of phenols is 1. The van der Waals surface area contributed by atoms with Crippen molar-refractivity contribution >= 4 is 12.4 Å². The molecule has 0 saturated carbocycles. The number of benzene rings is 1. The van der Waals surface area contributed by atoms with Crippen molar-refractivity contribution in [2.45, 2.75) is 6.92 Å². The van der Waals surface area contributed by atoms with E-state index in [1.807, 2.05) is 0 Å². The molecular formula is C11H12O3. The number of phenolic OH excluding ortho intramolecular Hbond substituents is 1. The third-order valence-corrected chi connectivity index (χ3v) is 1.78. The van der Waals surface area contributed by atoms with Gasteiger partial charge in [0.25, 0.3) is 0 Å². The van der Waals surface area contributed by atoms with Gasteiger partial charge in [0.15, 0.2) is 11.5 Å². The Bertz CT molecular complexity index is 367. The monoisotopic (exact) mass is 192 g/mol. The number of allylic oxidation sites excluding steroid dienone is 1. The smallest absolute Gasteiger partial charge is 0.161 e. The molecule has 1 rings (SSSR count). The average molecular weight is 192 g/mol. The molecule has 0 atom stereocenters. The number of carbonyl (C=O) groups excluding carboxylic acids is 1. The van der Waals surface area contributed by atoms with E-state index in [0.717, 1.165) is 11.8 Å². The lowest BCUT2D eigenvalue weighted by molar-refractivity contribution is -0.104. The van der Waals surface area contributed by atoms with Gasteiger partial charge in [0.05, 0.1) is 7.11 Å². The summed E-state index contributed by atoms with van der Waals surface area (Å²) in [4.78, 5) is 10.4. The summed E-state index contributed by atoms with van der Waals surface area (Å²) < 4.78 is 4.93. The largest absolute Gasteiger partial charge is 0.504 e. The fourth-order valence-electron chi connectivity index (χ4n) is 1.08. The van der Waals surface area contributed by atoms with Gasteiger partial charge < -0.3 is 9.84 Å². The predicted molar refractivity (Wildman–Crippen MR) is 54.4 cm³/mol. The maximum Gasteiger partial charge on any atom is 0.161 e. The highest BCUT2D eigenvalue weighted by Crippen LogP contribution is 2.26. The van der Waals surface area contributed by atoms with Gasteiger partial charge in [0.1, 0.15) is 6.29 Å². The van der Waals surface area contributed by atoms with Gasteiger partial charge in [-0.2, -0.15) is 0 Å². The highest BCUT2D eigenvalue weighted by atomic mass is 16.5. The van der Waals surface area contributed by atoms with Gasteiger partial charge in [-0.25, -0.2) is 0 Å². The van der Waals surface area contributed by atoms with E-state index in [0.29, 0.717) is 11.3 Å². The number of ether oxygens (including phenoxy) is 1. The molecule has 0 unspecified atom stereocenters. The van der Waals surface area contributed by atoms with E-state index in [1.165, 1.54) is 13.2 Å². The first-order valence-corrected chi connectivity index (χ1v) is 4.18. The summed E-state index contributed by atoms with van der Waals surface area (Å²) in [6.45, 7) is 1.71. The second-order valence-electron chi connectivity index (χ2n) is 2.94. The fraction of sp³-hybridized carbons (Fsp3) is 0.182. The summed E-state index contributed by atoms with van der Waals surface area (Å²) in [7, 11) is 1.48. The quantitative estimate of drug-likeness (QED) is 0.588. The molecule has 3 heteroatoms. The van der Waals surface area contributed by atoms with Gasteiger partial charge >= 0.3 is 0 Å². The molecule has 0 fully saturated rings. The average Bonchev–Trinajstić information content (AvgIpc) is 2.20. The first-order chi connectivity index (χ1) is 6.67. The maximum absolute atomic E-state index is 10.4. The Labute approximate surface area is 82.6 Å². The van der Waals surface area contributed by atoms with Crippen molar-refractivity contribution < 1.29 is 14.6 Å². The van der Waals surface area contributed by atoms with Gasteiger partial charge in [0.2, 0.25) is 0 Å². The zero-order valence-corrected chi connectivity index (χ0v) is 8.15. The first kappa shape index (κ1) is 10.3. The van der Waals surface area contributed by atoms with Crippen molar-refractivity contribution in [3.05, 3.63) is 29.3 Å². The minimum atomic E-state index is 0.0911. The van der Waals surface area contributed by atoms with Crippen molar-refractivity contribution in [2.24, 2.45) is 0 Å². The van der Waals surface area contributed by atoms with Gasteiger partial charge in [-0.3, -0.25) is 4.79 Å². The molecule has 0 saturated heterocycles. The number of aromatic hydroxyl groups is 1. The van der Waals surface area contributed by atoms with Crippen LogP contribution in [0.4, 0.5) is 0 Å². The third kappa shape index (κ3) is 2.36. The summed E-state index contributed by atoms with van der Waals surface area (Å²) >= 11 is 0. The van der Waals surface area contributed by atoms with Crippen LogP contribution in [0.25, 0.3) is 6.08 Å². The molecule has 0 amide bonds. The van der Waals surface area contributed by atoms with E-state index >= 15 is 0 Å². The third-order valence-electron chi connectivity index (χ3n) is 1.78. The Hall–Kier alpha value is -1.77. The van der Waals surface area contributed by atoms with E-state index in [9.17, 15) is 9.90 Å². The van der Waals surface area contributed by atoms with Gasteiger partial charge in [0, 0.05) is 0 Å². The second kappa shape index (κ2) is 4.46. The van der Waals surface area contributed by atoms with Crippen molar-refractivity contribution in [1.29, 1.82) is 0 Å². The standard InChI is InChI=1S/C11H12O3/c1-8(7-12)5-9-3-4-10(13)11(6-9)14-2/h3-7,13H,1-2H3. The van der Waals surface area contributed by atoms with Crippen LogP contribution in [0.3, 0.4) is 0 Å². The molecule has 1 aromatic rings. The summed E-state index contributed by atoms with van der Waals surface area (Å²) in [6, 6.07) is 4.91. The highest BCUT2D eigenvalue weighted by molar-refractivity contribution is 5.81. The Morgan fingerprint density at radius 1 is 1.50 bits per heavy atom. The highest BCUT2D eigenvalue weighted by Gasteiger charge is 2.00. The van der Waals surface area contributed by atoms with Crippen molar-refractivity contribution in [1.82, 2.24) is 0 Å². The number of rotatable bonds is 3. The van der Waals surface area contributed by atoms with Crippen LogP contribution < -0.4 is 4.74 Å². The van der Waals surface area contributed by atoms with Crippen LogP contribution in [0, 0.1) is 0 Å². The molecule has 0 aliphatic rings. The molecule has 74 valence electrons. The van der Waals surface area contributed by atoms with E-state index in [1.54, 1.807) is 25.1 Å². The van der Waals surface area contributed by atoms with Crippen molar-refractivity contribution in [3.8, 4) is 11.5 Å². The normalized spacial score (nSPS) is 11.1. The molecular weight excluding hydrogens is 180 g/mol. The minimum Gasteiger partial charge on any atom is -0.504 e. The molecule has 0 bridgehead atoms. The SMILES string of the molecule is COc1cc(C=C(C)C=O)ccc1O. The predicted octanol–water partition coefficient (Wildman–Crippen LogP) is 2.00. The second-order valence-corrected chi connectivity index (χ2v) is 2.94. The van der Waals surface area contributed by atoms with E-state index in [2.05, 4.69) is 0 Å². The van der Waals surface area contributed by atoms with Crippen molar-refractivity contribution in [2.75, 3.05) is 7.11 Å². The number of hydrogen-bond acceptors (Lipinski definition) is 3. The van der Waals surface area contributed by atoms with Gasteiger partial charge in [-0.15, -0.1) is 0 Å². The molecule has 0 spiro atoms. The zero-order valence-electron chi connectivity index (χ0n) is 8.15. The summed E-state index contributed by atoms with van der Waals surface area (Å²) in [5.41, 5.74) is 1.45. The Morgan fingerprint density at radius 2 is 2.21 bits per heavy atom. The Balaban J connectivity index is 3.06. The topological polar surface area (TPSA) is 46.5 Å². The molecule has 0 radical (unpaired) electrons. The molecule has 1 aromatic carbocycles. The Morgan fingerprint density at radius 3 is 2.79 bits per heavy atom. The van der Waals surface area contributed by atoms with E-state index in [-0.39, 0.29) is 5.75 Å². The van der Waals surface area contributed by atoms with Gasteiger partial charge in [-0.05, 0) is 36.3 Å². The van der Waals surface area contributed by atoms with E-state index < -0.39 is 0 Å². The van der Waals surface area contributed by atoms with Crippen LogP contribution in [0.5, 0.6) is 11.5 Å². The van der Waals surface area contributed by atoms with Crippen LogP contribution in [0.2, 0.25) is 0 Å². The minimum absolute atomic E-state index is 0.0911. The molecule has 0 heterocycles. The summed E-state index contributed by atoms with van der Waals surface area (Å²) in [6.07, 6.45) is 2.49. The lowest BCUT2D eigenvalue weighted by Crippen LogP contribution is -1.85. The molecule has 1 N–H and O–H groups in total. The molecule has 3 nitrogen and oxygen atoms in total. The van der Waals surface area contributed by atoms with Crippen LogP contribution in [-0.2, 0) is 4.79 Å². The lowest BCUT2D eigenvalue weighted by atomic mass is 10.1. The van der Waals surface area contributed by atoms with E-state index in [4.69, 9.17) is 4.74 Å².